The Bertz CT molecular complexity index is 2810. The molecule has 1 unspecified atom stereocenters. The molecule has 3 heteroatoms. The minimum absolute atomic E-state index is 0.582. The SMILES string of the molecule is Cc1cncc(-c2ccccc2-c2ccc3c(c2)-c2ccccc2C3(c2ccccc2)c2cccc(-c3nc(-c4ccccc4)cc(-c4ccccc4)n3)c2)c1. The zero-order chi connectivity index (χ0) is 37.5. The van der Waals surface area contributed by atoms with Crippen LogP contribution < -0.4 is 0 Å². The Kier molecular flexibility index (Phi) is 8.26. The molecule has 2 heterocycles. The molecule has 9 aromatic rings. The molecule has 0 bridgehead atoms. The van der Waals surface area contributed by atoms with Crippen molar-refractivity contribution in [1.29, 1.82) is 0 Å². The van der Waals surface area contributed by atoms with Crippen LogP contribution in [0.2, 0.25) is 0 Å². The van der Waals surface area contributed by atoms with Crippen LogP contribution in [0.1, 0.15) is 27.8 Å². The van der Waals surface area contributed by atoms with Crippen LogP contribution in [0.3, 0.4) is 0 Å². The molecule has 0 amide bonds. The van der Waals surface area contributed by atoms with Gasteiger partial charge in [-0.15, -0.1) is 0 Å². The zero-order valence-electron chi connectivity index (χ0n) is 31.0. The number of hydrogen-bond donors (Lipinski definition) is 0. The van der Waals surface area contributed by atoms with Crippen molar-refractivity contribution >= 4 is 0 Å². The molecule has 0 saturated heterocycles. The molecule has 7 aromatic carbocycles. The molecule has 0 spiro atoms. The van der Waals surface area contributed by atoms with Gasteiger partial charge in [-0.25, -0.2) is 9.97 Å². The first-order valence-electron chi connectivity index (χ1n) is 19.1. The van der Waals surface area contributed by atoms with E-state index in [0.717, 1.165) is 39.2 Å². The van der Waals surface area contributed by atoms with Crippen molar-refractivity contribution in [3.05, 3.63) is 234 Å². The maximum absolute atomic E-state index is 5.22. The average Bonchev–Trinajstić information content (AvgIpc) is 3.57. The standard InChI is InChI=1S/C53H37N3/c1-36-30-41(35-54-34-36)45-25-12-11-24-44(45)39-28-29-49-47(32-39)46-26-13-14-27-48(46)53(49,42-21-9-4-10-22-42)43-23-15-20-40(31-43)52-55-50(37-16-5-2-6-17-37)33-51(56-52)38-18-7-3-8-19-38/h2-35H,1H3. The van der Waals surface area contributed by atoms with Gasteiger partial charge in [0.2, 0.25) is 0 Å². The van der Waals surface area contributed by atoms with Crippen molar-refractivity contribution in [2.75, 3.05) is 0 Å². The molecule has 2 aromatic heterocycles. The molecular formula is C53H37N3. The van der Waals surface area contributed by atoms with Crippen molar-refractivity contribution < 1.29 is 0 Å². The van der Waals surface area contributed by atoms with Gasteiger partial charge in [-0.05, 0) is 86.8 Å². The molecule has 56 heavy (non-hydrogen) atoms. The lowest BCUT2D eigenvalue weighted by Gasteiger charge is -2.34. The van der Waals surface area contributed by atoms with E-state index in [1.807, 2.05) is 24.5 Å². The van der Waals surface area contributed by atoms with Crippen molar-refractivity contribution in [3.63, 3.8) is 0 Å². The third-order valence-electron chi connectivity index (χ3n) is 11.1. The normalized spacial score (nSPS) is 14.2. The molecule has 1 aliphatic carbocycles. The Hall–Kier alpha value is -7.23. The Labute approximate surface area is 327 Å². The number of pyridine rings is 1. The summed E-state index contributed by atoms with van der Waals surface area (Å²) in [5.41, 5.74) is 17.4. The van der Waals surface area contributed by atoms with Gasteiger partial charge in [-0.3, -0.25) is 4.98 Å². The Morgan fingerprint density at radius 2 is 0.911 bits per heavy atom. The van der Waals surface area contributed by atoms with Crippen LogP contribution in [0, 0.1) is 6.92 Å². The minimum atomic E-state index is -0.582. The van der Waals surface area contributed by atoms with Gasteiger partial charge in [0.15, 0.2) is 5.82 Å². The molecule has 0 aliphatic heterocycles. The molecular weight excluding hydrogens is 679 g/mol. The quantitative estimate of drug-likeness (QED) is 0.165. The van der Waals surface area contributed by atoms with E-state index in [1.165, 1.54) is 50.1 Å². The highest BCUT2D eigenvalue weighted by atomic mass is 14.9. The first-order chi connectivity index (χ1) is 27.7. The summed E-state index contributed by atoms with van der Waals surface area (Å²) in [6.07, 6.45) is 3.87. The van der Waals surface area contributed by atoms with Gasteiger partial charge in [0, 0.05) is 34.6 Å². The number of aromatic nitrogens is 3. The molecule has 0 fully saturated rings. The van der Waals surface area contributed by atoms with Crippen LogP contribution in [0.5, 0.6) is 0 Å². The molecule has 264 valence electrons. The highest BCUT2D eigenvalue weighted by Gasteiger charge is 2.46. The largest absolute Gasteiger partial charge is 0.264 e. The van der Waals surface area contributed by atoms with Crippen molar-refractivity contribution in [1.82, 2.24) is 15.0 Å². The minimum Gasteiger partial charge on any atom is -0.264 e. The average molecular weight is 716 g/mol. The maximum atomic E-state index is 5.22. The fraction of sp³-hybridized carbons (Fsp3) is 0.0377. The number of nitrogens with zero attached hydrogens (tertiary/aromatic N) is 3. The second-order valence-corrected chi connectivity index (χ2v) is 14.5. The highest BCUT2D eigenvalue weighted by Crippen LogP contribution is 2.57. The van der Waals surface area contributed by atoms with Gasteiger partial charge in [-0.2, -0.15) is 0 Å². The van der Waals surface area contributed by atoms with Crippen LogP contribution in [0.25, 0.3) is 67.3 Å². The Morgan fingerprint density at radius 3 is 1.59 bits per heavy atom. The fourth-order valence-electron chi connectivity index (χ4n) is 8.60. The first-order valence-corrected chi connectivity index (χ1v) is 19.1. The van der Waals surface area contributed by atoms with E-state index in [9.17, 15) is 0 Å². The van der Waals surface area contributed by atoms with Gasteiger partial charge in [0.05, 0.1) is 16.8 Å². The summed E-state index contributed by atoms with van der Waals surface area (Å²) < 4.78 is 0. The monoisotopic (exact) mass is 715 g/mol. The predicted octanol–water partition coefficient (Wildman–Crippen LogP) is 12.9. The van der Waals surface area contributed by atoms with Gasteiger partial charge in [0.1, 0.15) is 0 Å². The topological polar surface area (TPSA) is 38.7 Å². The molecule has 0 saturated carbocycles. The Morgan fingerprint density at radius 1 is 0.357 bits per heavy atom. The van der Waals surface area contributed by atoms with E-state index < -0.39 is 5.41 Å². The van der Waals surface area contributed by atoms with E-state index in [4.69, 9.17) is 9.97 Å². The molecule has 3 nitrogen and oxygen atoms in total. The van der Waals surface area contributed by atoms with Gasteiger partial charge >= 0.3 is 0 Å². The molecule has 10 rings (SSSR count). The number of rotatable bonds is 7. The smallest absolute Gasteiger partial charge is 0.160 e. The maximum Gasteiger partial charge on any atom is 0.160 e. The third-order valence-corrected chi connectivity index (χ3v) is 11.1. The van der Waals surface area contributed by atoms with Crippen LogP contribution in [0.4, 0.5) is 0 Å². The van der Waals surface area contributed by atoms with E-state index in [1.54, 1.807) is 0 Å². The third kappa shape index (κ3) is 5.64. The summed E-state index contributed by atoms with van der Waals surface area (Å²) in [5.74, 6) is 0.694. The summed E-state index contributed by atoms with van der Waals surface area (Å²) in [6, 6.07) is 69.5. The van der Waals surface area contributed by atoms with Crippen LogP contribution >= 0.6 is 0 Å². The first kappa shape index (κ1) is 33.3. The van der Waals surface area contributed by atoms with Gasteiger partial charge in [0.25, 0.3) is 0 Å². The second-order valence-electron chi connectivity index (χ2n) is 14.5. The lowest BCUT2D eigenvalue weighted by molar-refractivity contribution is 0.768. The Balaban J connectivity index is 1.19. The van der Waals surface area contributed by atoms with Crippen molar-refractivity contribution in [3.8, 4) is 67.3 Å². The molecule has 1 aliphatic rings. The summed E-state index contributed by atoms with van der Waals surface area (Å²) in [6.45, 7) is 2.10. The van der Waals surface area contributed by atoms with Gasteiger partial charge in [-0.1, -0.05) is 170 Å². The molecule has 0 radical (unpaired) electrons. The number of fused-ring (bicyclic) bond motifs is 3. The van der Waals surface area contributed by atoms with Crippen LogP contribution in [0.15, 0.2) is 207 Å². The fourth-order valence-corrected chi connectivity index (χ4v) is 8.60. The van der Waals surface area contributed by atoms with Crippen LogP contribution in [-0.2, 0) is 5.41 Å². The van der Waals surface area contributed by atoms with Gasteiger partial charge < -0.3 is 0 Å². The van der Waals surface area contributed by atoms with E-state index in [-0.39, 0.29) is 0 Å². The summed E-state index contributed by atoms with van der Waals surface area (Å²) in [5, 5.41) is 0. The van der Waals surface area contributed by atoms with Crippen LogP contribution in [-0.4, -0.2) is 15.0 Å². The van der Waals surface area contributed by atoms with E-state index in [0.29, 0.717) is 5.82 Å². The van der Waals surface area contributed by atoms with Crippen molar-refractivity contribution in [2.45, 2.75) is 12.3 Å². The predicted molar refractivity (Wildman–Crippen MR) is 229 cm³/mol. The lowest BCUT2D eigenvalue weighted by Crippen LogP contribution is -2.28. The number of aryl methyl sites for hydroxylation is 1. The zero-order valence-corrected chi connectivity index (χ0v) is 31.0. The molecule has 1 atom stereocenters. The second kappa shape index (κ2) is 13.9. The number of hydrogen-bond acceptors (Lipinski definition) is 3. The lowest BCUT2D eigenvalue weighted by atomic mass is 9.67. The summed E-state index contributed by atoms with van der Waals surface area (Å²) >= 11 is 0. The van der Waals surface area contributed by atoms with E-state index in [2.05, 4.69) is 194 Å². The van der Waals surface area contributed by atoms with E-state index >= 15 is 0 Å². The number of benzene rings is 7. The summed E-state index contributed by atoms with van der Waals surface area (Å²) in [7, 11) is 0. The summed E-state index contributed by atoms with van der Waals surface area (Å²) in [4.78, 5) is 15.0. The molecule has 0 N–H and O–H groups in total. The highest BCUT2D eigenvalue weighted by molar-refractivity contribution is 5.92. The van der Waals surface area contributed by atoms with Crippen molar-refractivity contribution in [2.24, 2.45) is 0 Å².